The maximum absolute atomic E-state index is 11.8. The summed E-state index contributed by atoms with van der Waals surface area (Å²) in [6.07, 6.45) is 0.510. The molecular formula is C16H15N3O2S. The summed E-state index contributed by atoms with van der Waals surface area (Å²) in [4.78, 5) is 12.5. The fourth-order valence-corrected chi connectivity index (χ4v) is 2.69. The lowest BCUT2D eigenvalue weighted by molar-refractivity contribution is 0.0957. The molecule has 22 heavy (non-hydrogen) atoms. The summed E-state index contributed by atoms with van der Waals surface area (Å²) >= 11 is 1.42. The predicted octanol–water partition coefficient (Wildman–Crippen LogP) is 3.08. The molecule has 0 aliphatic rings. The highest BCUT2D eigenvalue weighted by Crippen LogP contribution is 2.21. The quantitative estimate of drug-likeness (QED) is 0.786. The first-order valence-corrected chi connectivity index (χ1v) is 7.82. The molecule has 0 aliphatic carbocycles. The zero-order valence-corrected chi connectivity index (χ0v) is 12.9. The Bertz CT molecular complexity index is 765. The van der Waals surface area contributed by atoms with E-state index < -0.39 is 0 Å². The van der Waals surface area contributed by atoms with Gasteiger partial charge in [0.1, 0.15) is 0 Å². The molecule has 0 fully saturated rings. The second-order valence-electron chi connectivity index (χ2n) is 4.80. The second kappa shape index (κ2) is 6.53. The van der Waals surface area contributed by atoms with Crippen molar-refractivity contribution in [3.63, 3.8) is 0 Å². The fraction of sp³-hybridized carbons (Fsp3) is 0.188. The van der Waals surface area contributed by atoms with Crippen LogP contribution in [-0.2, 0) is 6.42 Å². The van der Waals surface area contributed by atoms with E-state index in [4.69, 9.17) is 4.42 Å². The number of aromatic nitrogens is 2. The standard InChI is InChI=1S/C16H15N3O2S/c1-11-5-2-3-6-12(11)16-19-18-14(21-16)8-9-17-15(20)13-7-4-10-22-13/h2-7,10H,8-9H2,1H3,(H,17,20). The van der Waals surface area contributed by atoms with Gasteiger partial charge >= 0.3 is 0 Å². The summed E-state index contributed by atoms with van der Waals surface area (Å²) in [5.74, 6) is 0.955. The number of hydrogen-bond donors (Lipinski definition) is 1. The Hall–Kier alpha value is -2.47. The summed E-state index contributed by atoms with van der Waals surface area (Å²) in [6, 6.07) is 11.5. The van der Waals surface area contributed by atoms with Crippen molar-refractivity contribution in [2.24, 2.45) is 0 Å². The number of hydrogen-bond acceptors (Lipinski definition) is 5. The Morgan fingerprint density at radius 2 is 2.09 bits per heavy atom. The Morgan fingerprint density at radius 1 is 1.23 bits per heavy atom. The highest BCUT2D eigenvalue weighted by atomic mass is 32.1. The molecule has 0 unspecified atom stereocenters. The van der Waals surface area contributed by atoms with Gasteiger partial charge in [-0.1, -0.05) is 24.3 Å². The molecule has 3 aromatic rings. The van der Waals surface area contributed by atoms with Crippen LogP contribution in [0.25, 0.3) is 11.5 Å². The highest BCUT2D eigenvalue weighted by Gasteiger charge is 2.11. The van der Waals surface area contributed by atoms with E-state index in [0.29, 0.717) is 29.6 Å². The zero-order valence-electron chi connectivity index (χ0n) is 12.1. The average molecular weight is 313 g/mol. The molecule has 0 atom stereocenters. The van der Waals surface area contributed by atoms with Gasteiger partial charge in [-0.15, -0.1) is 21.5 Å². The Morgan fingerprint density at radius 3 is 2.86 bits per heavy atom. The summed E-state index contributed by atoms with van der Waals surface area (Å²) in [5.41, 5.74) is 2.02. The van der Waals surface area contributed by atoms with Crippen LogP contribution >= 0.6 is 11.3 Å². The van der Waals surface area contributed by atoms with Crippen LogP contribution in [0.5, 0.6) is 0 Å². The van der Waals surface area contributed by atoms with E-state index in [2.05, 4.69) is 15.5 Å². The highest BCUT2D eigenvalue weighted by molar-refractivity contribution is 7.12. The van der Waals surface area contributed by atoms with Gasteiger partial charge in [0.05, 0.1) is 4.88 Å². The lowest BCUT2D eigenvalue weighted by Crippen LogP contribution is -2.24. The number of benzene rings is 1. The van der Waals surface area contributed by atoms with Crippen molar-refractivity contribution in [1.29, 1.82) is 0 Å². The number of nitrogens with one attached hydrogen (secondary N) is 1. The van der Waals surface area contributed by atoms with Gasteiger partial charge in [-0.05, 0) is 30.0 Å². The van der Waals surface area contributed by atoms with Gasteiger partial charge in [-0.25, -0.2) is 0 Å². The molecule has 3 rings (SSSR count). The van der Waals surface area contributed by atoms with Crippen molar-refractivity contribution in [3.05, 3.63) is 58.1 Å². The van der Waals surface area contributed by atoms with Gasteiger partial charge in [0.15, 0.2) is 0 Å². The summed E-state index contributed by atoms with van der Waals surface area (Å²) < 4.78 is 5.65. The number of thiophene rings is 1. The van der Waals surface area contributed by atoms with Crippen molar-refractivity contribution in [2.45, 2.75) is 13.3 Å². The number of nitrogens with zero attached hydrogens (tertiary/aromatic N) is 2. The van der Waals surface area contributed by atoms with Gasteiger partial charge in [0.25, 0.3) is 5.91 Å². The third-order valence-electron chi connectivity index (χ3n) is 3.21. The fourth-order valence-electron chi connectivity index (χ4n) is 2.05. The molecule has 0 radical (unpaired) electrons. The molecular weight excluding hydrogens is 298 g/mol. The summed E-state index contributed by atoms with van der Waals surface area (Å²) in [5, 5.41) is 12.8. The van der Waals surface area contributed by atoms with Crippen LogP contribution in [0.1, 0.15) is 21.1 Å². The monoisotopic (exact) mass is 313 g/mol. The normalized spacial score (nSPS) is 10.6. The molecule has 0 spiro atoms. The van der Waals surface area contributed by atoms with Gasteiger partial charge in [0, 0.05) is 18.5 Å². The lowest BCUT2D eigenvalue weighted by atomic mass is 10.1. The molecule has 1 aromatic carbocycles. The number of amides is 1. The van der Waals surface area contributed by atoms with E-state index in [9.17, 15) is 4.79 Å². The van der Waals surface area contributed by atoms with Gasteiger partial charge in [-0.2, -0.15) is 0 Å². The Kier molecular flexibility index (Phi) is 4.29. The third kappa shape index (κ3) is 3.23. The first-order valence-electron chi connectivity index (χ1n) is 6.94. The van der Waals surface area contributed by atoms with Gasteiger partial charge in [0.2, 0.25) is 11.8 Å². The van der Waals surface area contributed by atoms with Crippen molar-refractivity contribution in [2.75, 3.05) is 6.54 Å². The molecule has 5 nitrogen and oxygen atoms in total. The van der Waals surface area contributed by atoms with Crippen molar-refractivity contribution in [3.8, 4) is 11.5 Å². The molecule has 0 bridgehead atoms. The van der Waals surface area contributed by atoms with Crippen LogP contribution in [0.4, 0.5) is 0 Å². The largest absolute Gasteiger partial charge is 0.421 e. The van der Waals surface area contributed by atoms with Crippen LogP contribution in [0.3, 0.4) is 0 Å². The Labute approximate surface area is 132 Å². The molecule has 1 amide bonds. The zero-order chi connectivity index (χ0) is 15.4. The molecule has 0 aliphatic heterocycles. The molecule has 2 aromatic heterocycles. The van der Waals surface area contributed by atoms with Crippen LogP contribution < -0.4 is 5.32 Å². The molecule has 0 saturated heterocycles. The van der Waals surface area contributed by atoms with E-state index in [0.717, 1.165) is 11.1 Å². The maximum atomic E-state index is 11.8. The van der Waals surface area contributed by atoms with Gasteiger partial charge < -0.3 is 9.73 Å². The molecule has 6 heteroatoms. The molecule has 2 heterocycles. The number of rotatable bonds is 5. The van der Waals surface area contributed by atoms with Crippen molar-refractivity contribution in [1.82, 2.24) is 15.5 Å². The minimum atomic E-state index is -0.0753. The first-order chi connectivity index (χ1) is 10.7. The minimum absolute atomic E-state index is 0.0753. The van der Waals surface area contributed by atoms with Crippen LogP contribution in [0, 0.1) is 6.92 Å². The minimum Gasteiger partial charge on any atom is -0.421 e. The lowest BCUT2D eigenvalue weighted by Gasteiger charge is -2.01. The number of carbonyl (C=O) groups excluding carboxylic acids is 1. The van der Waals surface area contributed by atoms with E-state index in [-0.39, 0.29) is 5.91 Å². The van der Waals surface area contributed by atoms with Crippen LogP contribution in [-0.4, -0.2) is 22.6 Å². The van der Waals surface area contributed by atoms with Gasteiger partial charge in [-0.3, -0.25) is 4.79 Å². The maximum Gasteiger partial charge on any atom is 0.261 e. The molecule has 0 saturated carbocycles. The SMILES string of the molecule is Cc1ccccc1-c1nnc(CCNC(=O)c2cccs2)o1. The second-order valence-corrected chi connectivity index (χ2v) is 5.75. The summed E-state index contributed by atoms with van der Waals surface area (Å²) in [7, 11) is 0. The topological polar surface area (TPSA) is 68.0 Å². The predicted molar refractivity (Wildman–Crippen MR) is 84.8 cm³/mol. The van der Waals surface area contributed by atoms with Crippen LogP contribution in [0.15, 0.2) is 46.2 Å². The molecule has 1 N–H and O–H groups in total. The van der Waals surface area contributed by atoms with E-state index >= 15 is 0 Å². The van der Waals surface area contributed by atoms with Crippen molar-refractivity contribution >= 4 is 17.2 Å². The first kappa shape index (κ1) is 14.5. The smallest absolute Gasteiger partial charge is 0.261 e. The third-order valence-corrected chi connectivity index (χ3v) is 4.08. The summed E-state index contributed by atoms with van der Waals surface area (Å²) in [6.45, 7) is 2.46. The van der Waals surface area contributed by atoms with Crippen molar-refractivity contribution < 1.29 is 9.21 Å². The Balaban J connectivity index is 1.58. The van der Waals surface area contributed by atoms with E-state index in [1.165, 1.54) is 11.3 Å². The van der Waals surface area contributed by atoms with E-state index in [1.807, 2.05) is 42.6 Å². The number of aryl methyl sites for hydroxylation is 1. The van der Waals surface area contributed by atoms with E-state index in [1.54, 1.807) is 6.07 Å². The molecule has 112 valence electrons. The average Bonchev–Trinajstić information content (AvgIpc) is 3.19. The van der Waals surface area contributed by atoms with Crippen LogP contribution in [0.2, 0.25) is 0 Å². The number of carbonyl (C=O) groups is 1.